The fourth-order valence-electron chi connectivity index (χ4n) is 3.12. The number of nitrogens with one attached hydrogen (secondary N) is 1. The Balaban J connectivity index is 1.64. The van der Waals surface area contributed by atoms with Gasteiger partial charge in [-0.1, -0.05) is 6.07 Å². The molecule has 1 saturated heterocycles. The average molecular weight is 301 g/mol. The first-order valence-corrected chi connectivity index (χ1v) is 7.54. The van der Waals surface area contributed by atoms with Crippen LogP contribution >= 0.6 is 0 Å². The summed E-state index contributed by atoms with van der Waals surface area (Å²) in [7, 11) is 2.03. The number of benzene rings is 1. The number of hydrogen-bond donors (Lipinski definition) is 1. The third-order valence-electron chi connectivity index (χ3n) is 4.14. The molecule has 0 radical (unpaired) electrons. The number of rotatable bonds is 4. The van der Waals surface area contributed by atoms with Crippen LogP contribution in [0.2, 0.25) is 0 Å². The van der Waals surface area contributed by atoms with E-state index in [2.05, 4.69) is 20.9 Å². The van der Waals surface area contributed by atoms with Crippen molar-refractivity contribution in [1.82, 2.24) is 9.47 Å². The van der Waals surface area contributed by atoms with Gasteiger partial charge in [0.2, 0.25) is 5.91 Å². The van der Waals surface area contributed by atoms with Gasteiger partial charge in [0, 0.05) is 24.6 Å². The van der Waals surface area contributed by atoms with Gasteiger partial charge >= 0.3 is 0 Å². The Morgan fingerprint density at radius 3 is 2.95 bits per heavy atom. The molecular weight excluding hydrogens is 281 g/mol. The first-order chi connectivity index (χ1) is 10.6. The summed E-state index contributed by atoms with van der Waals surface area (Å²) >= 11 is 0. The highest BCUT2D eigenvalue weighted by Gasteiger charge is 2.28. The van der Waals surface area contributed by atoms with Gasteiger partial charge in [-0.15, -0.1) is 0 Å². The van der Waals surface area contributed by atoms with E-state index in [-0.39, 0.29) is 17.8 Å². The highest BCUT2D eigenvalue weighted by molar-refractivity contribution is 5.92. The largest absolute Gasteiger partial charge is 0.353 e. The molecule has 22 heavy (non-hydrogen) atoms. The molecule has 1 aromatic carbocycles. The molecule has 5 heteroatoms. The Morgan fingerprint density at radius 1 is 1.36 bits per heavy atom. The Morgan fingerprint density at radius 2 is 2.23 bits per heavy atom. The van der Waals surface area contributed by atoms with Crippen molar-refractivity contribution < 1.29 is 9.18 Å². The highest BCUT2D eigenvalue weighted by Crippen LogP contribution is 2.31. The Kier molecular flexibility index (Phi) is 4.24. The number of likely N-dealkylation sites (tertiary alicyclic amines) is 1. The number of halogens is 1. The molecule has 1 aliphatic rings. The van der Waals surface area contributed by atoms with Crippen molar-refractivity contribution in [1.29, 1.82) is 0 Å². The average Bonchev–Trinajstić information content (AvgIpc) is 3.07. The second-order valence-corrected chi connectivity index (χ2v) is 5.73. The van der Waals surface area contributed by atoms with E-state index in [4.69, 9.17) is 0 Å². The van der Waals surface area contributed by atoms with Crippen LogP contribution in [-0.2, 0) is 11.8 Å². The van der Waals surface area contributed by atoms with E-state index in [9.17, 15) is 9.18 Å². The van der Waals surface area contributed by atoms with Gasteiger partial charge in [-0.2, -0.15) is 0 Å². The summed E-state index contributed by atoms with van der Waals surface area (Å²) in [6, 6.07) is 10.4. The lowest BCUT2D eigenvalue weighted by Crippen LogP contribution is -2.33. The van der Waals surface area contributed by atoms with E-state index in [1.54, 1.807) is 12.1 Å². The van der Waals surface area contributed by atoms with Crippen LogP contribution in [-0.4, -0.2) is 28.5 Å². The Hall–Kier alpha value is -2.14. The fraction of sp³-hybridized carbons (Fsp3) is 0.353. The number of aromatic nitrogens is 1. The lowest BCUT2D eigenvalue weighted by atomic mass is 10.1. The van der Waals surface area contributed by atoms with Crippen LogP contribution in [0.5, 0.6) is 0 Å². The smallest absolute Gasteiger partial charge is 0.238 e. The molecule has 0 spiro atoms. The first-order valence-electron chi connectivity index (χ1n) is 7.54. The molecule has 116 valence electrons. The van der Waals surface area contributed by atoms with Crippen LogP contribution in [0.15, 0.2) is 42.6 Å². The number of aryl methyl sites for hydroxylation is 1. The van der Waals surface area contributed by atoms with Crippen molar-refractivity contribution >= 4 is 11.6 Å². The summed E-state index contributed by atoms with van der Waals surface area (Å²) in [5.41, 5.74) is 1.73. The van der Waals surface area contributed by atoms with Gasteiger partial charge in [-0.3, -0.25) is 9.69 Å². The summed E-state index contributed by atoms with van der Waals surface area (Å²) < 4.78 is 15.3. The van der Waals surface area contributed by atoms with Gasteiger partial charge in [0.05, 0.1) is 12.6 Å². The zero-order valence-corrected chi connectivity index (χ0v) is 12.6. The molecule has 1 aliphatic heterocycles. The second kappa shape index (κ2) is 6.32. The molecule has 2 aromatic rings. The number of amides is 1. The molecule has 0 saturated carbocycles. The van der Waals surface area contributed by atoms with Gasteiger partial charge in [0.15, 0.2) is 0 Å². The molecular formula is C17H20FN3O. The van der Waals surface area contributed by atoms with Gasteiger partial charge in [-0.25, -0.2) is 4.39 Å². The van der Waals surface area contributed by atoms with Crippen molar-refractivity contribution in [2.45, 2.75) is 18.9 Å². The first kappa shape index (κ1) is 14.8. The zero-order chi connectivity index (χ0) is 15.5. The predicted octanol–water partition coefficient (Wildman–Crippen LogP) is 2.94. The van der Waals surface area contributed by atoms with Gasteiger partial charge in [0.1, 0.15) is 5.82 Å². The van der Waals surface area contributed by atoms with Crippen LogP contribution in [0.25, 0.3) is 0 Å². The standard InChI is InChI=1S/C17H20FN3O/c1-20-9-3-7-15(20)16-8-4-10-21(16)12-17(22)19-14-6-2-5-13(18)11-14/h2-3,5-7,9,11,16H,4,8,10,12H2,1H3,(H,19,22)/t16-/m0/s1. The normalized spacial score (nSPS) is 18.5. The quantitative estimate of drug-likeness (QED) is 0.943. The molecule has 1 aromatic heterocycles. The minimum atomic E-state index is -0.347. The van der Waals surface area contributed by atoms with Crippen LogP contribution in [0.4, 0.5) is 10.1 Å². The van der Waals surface area contributed by atoms with Crippen LogP contribution in [0.1, 0.15) is 24.6 Å². The lowest BCUT2D eigenvalue weighted by molar-refractivity contribution is -0.117. The van der Waals surface area contributed by atoms with E-state index >= 15 is 0 Å². The maximum atomic E-state index is 13.2. The van der Waals surface area contributed by atoms with Crippen LogP contribution in [0.3, 0.4) is 0 Å². The van der Waals surface area contributed by atoms with E-state index in [1.807, 2.05) is 19.3 Å². The topological polar surface area (TPSA) is 37.3 Å². The van der Waals surface area contributed by atoms with Crippen molar-refractivity contribution in [3.05, 3.63) is 54.1 Å². The summed E-state index contributed by atoms with van der Waals surface area (Å²) in [5, 5.41) is 2.76. The summed E-state index contributed by atoms with van der Waals surface area (Å²) in [6.07, 6.45) is 4.17. The lowest BCUT2D eigenvalue weighted by Gasteiger charge is -2.24. The third kappa shape index (κ3) is 3.20. The molecule has 3 rings (SSSR count). The Labute approximate surface area is 129 Å². The predicted molar refractivity (Wildman–Crippen MR) is 84.0 cm³/mol. The minimum absolute atomic E-state index is 0.105. The highest BCUT2D eigenvalue weighted by atomic mass is 19.1. The molecule has 0 bridgehead atoms. The summed E-state index contributed by atoms with van der Waals surface area (Å²) in [5.74, 6) is -0.452. The maximum absolute atomic E-state index is 13.2. The molecule has 1 fully saturated rings. The monoisotopic (exact) mass is 301 g/mol. The molecule has 0 unspecified atom stereocenters. The van der Waals surface area contributed by atoms with E-state index in [0.717, 1.165) is 19.4 Å². The van der Waals surface area contributed by atoms with E-state index in [1.165, 1.54) is 17.8 Å². The number of nitrogens with zero attached hydrogens (tertiary/aromatic N) is 2. The van der Waals surface area contributed by atoms with Gasteiger partial charge < -0.3 is 9.88 Å². The summed E-state index contributed by atoms with van der Waals surface area (Å²) in [6.45, 7) is 1.23. The van der Waals surface area contributed by atoms with Crippen LogP contribution < -0.4 is 5.32 Å². The third-order valence-corrected chi connectivity index (χ3v) is 4.14. The van der Waals surface area contributed by atoms with Crippen LogP contribution in [0, 0.1) is 5.82 Å². The zero-order valence-electron chi connectivity index (χ0n) is 12.6. The van der Waals surface area contributed by atoms with E-state index < -0.39 is 0 Å². The maximum Gasteiger partial charge on any atom is 0.238 e. The molecule has 4 nitrogen and oxygen atoms in total. The number of hydrogen-bond acceptors (Lipinski definition) is 2. The number of carbonyl (C=O) groups is 1. The molecule has 0 aliphatic carbocycles. The SMILES string of the molecule is Cn1cccc1[C@@H]1CCCN1CC(=O)Nc1cccc(F)c1. The fourth-order valence-corrected chi connectivity index (χ4v) is 3.12. The second-order valence-electron chi connectivity index (χ2n) is 5.73. The van der Waals surface area contributed by atoms with Gasteiger partial charge in [-0.05, 0) is 49.7 Å². The minimum Gasteiger partial charge on any atom is -0.353 e. The Bertz CT molecular complexity index is 667. The van der Waals surface area contributed by atoms with Crippen molar-refractivity contribution in [2.75, 3.05) is 18.4 Å². The molecule has 1 atom stereocenters. The van der Waals surface area contributed by atoms with Gasteiger partial charge in [0.25, 0.3) is 0 Å². The van der Waals surface area contributed by atoms with Crippen molar-refractivity contribution in [3.8, 4) is 0 Å². The van der Waals surface area contributed by atoms with Crippen molar-refractivity contribution in [2.24, 2.45) is 7.05 Å². The molecule has 1 N–H and O–H groups in total. The summed E-state index contributed by atoms with van der Waals surface area (Å²) in [4.78, 5) is 14.4. The molecule has 2 heterocycles. The number of anilines is 1. The molecule has 1 amide bonds. The number of carbonyl (C=O) groups excluding carboxylic acids is 1. The van der Waals surface area contributed by atoms with E-state index in [0.29, 0.717) is 12.2 Å². The van der Waals surface area contributed by atoms with Crippen molar-refractivity contribution in [3.63, 3.8) is 0 Å².